The molecule has 0 spiro atoms. The van der Waals surface area contributed by atoms with E-state index in [1.54, 1.807) is 25.1 Å². The average molecular weight is 444 g/mol. The van der Waals surface area contributed by atoms with Gasteiger partial charge in [0, 0.05) is 15.6 Å². The first-order valence-electron chi connectivity index (χ1n) is 7.89. The molecule has 1 atom stereocenters. The van der Waals surface area contributed by atoms with Crippen LogP contribution in [-0.2, 0) is 4.79 Å². The van der Waals surface area contributed by atoms with Crippen LogP contribution in [0.5, 0.6) is 0 Å². The molecule has 0 saturated carbocycles. The fourth-order valence-electron chi connectivity index (χ4n) is 2.71. The minimum atomic E-state index is -1.02. The van der Waals surface area contributed by atoms with E-state index < -0.39 is 17.9 Å². The van der Waals surface area contributed by atoms with Gasteiger partial charge in [0.15, 0.2) is 4.80 Å². The molecule has 0 saturated heterocycles. The Hall–Kier alpha value is -1.86. The third kappa shape index (κ3) is 4.04. The summed E-state index contributed by atoms with van der Waals surface area (Å²) in [6, 6.07) is 8.72. The van der Waals surface area contributed by atoms with Gasteiger partial charge in [-0.3, -0.25) is 4.79 Å². The zero-order valence-electron chi connectivity index (χ0n) is 13.9. The highest BCUT2D eigenvalue weighted by atomic mass is 35.5. The highest BCUT2D eigenvalue weighted by Gasteiger charge is 2.23. The lowest BCUT2D eigenvalue weighted by Gasteiger charge is -2.13. The van der Waals surface area contributed by atoms with E-state index in [2.05, 4.69) is 4.99 Å². The summed E-state index contributed by atoms with van der Waals surface area (Å²) >= 11 is 19.3. The van der Waals surface area contributed by atoms with Crippen molar-refractivity contribution in [2.24, 2.45) is 4.99 Å². The van der Waals surface area contributed by atoms with Crippen LogP contribution in [0.3, 0.4) is 0 Å². The number of amides is 1. The summed E-state index contributed by atoms with van der Waals surface area (Å²) in [5.41, 5.74) is 0.823. The highest BCUT2D eigenvalue weighted by molar-refractivity contribution is 7.17. The second kappa shape index (κ2) is 8.02. The largest absolute Gasteiger partial charge is 0.480 e. The number of rotatable bonds is 4. The van der Waals surface area contributed by atoms with E-state index in [0.29, 0.717) is 31.7 Å². The lowest BCUT2D eigenvalue weighted by Crippen LogP contribution is -2.27. The van der Waals surface area contributed by atoms with Crippen molar-refractivity contribution in [2.75, 3.05) is 0 Å². The molecule has 1 heterocycles. The molecule has 0 bridgehead atoms. The number of nitrogens with zero attached hydrogens (tertiary/aromatic N) is 2. The smallest absolute Gasteiger partial charge is 0.326 e. The molecule has 3 aromatic rings. The van der Waals surface area contributed by atoms with Gasteiger partial charge in [-0.1, -0.05) is 59.1 Å². The van der Waals surface area contributed by atoms with E-state index in [4.69, 9.17) is 34.8 Å². The molecule has 0 radical (unpaired) electrons. The standard InChI is InChI=1S/C18H13Cl3N2O3S/c1-2-13(17(25)26)23-14-5-3-4-12(21)15(14)27-18(23)22-16(24)9-6-10(19)8-11(20)7-9/h3-8,13H,2H2,1H3,(H,25,26). The van der Waals surface area contributed by atoms with E-state index >= 15 is 0 Å². The molecule has 0 aliphatic carbocycles. The number of halogens is 3. The number of aliphatic carboxylic acids is 1. The zero-order valence-corrected chi connectivity index (χ0v) is 17.0. The van der Waals surface area contributed by atoms with Crippen molar-refractivity contribution in [1.29, 1.82) is 0 Å². The maximum Gasteiger partial charge on any atom is 0.326 e. The van der Waals surface area contributed by atoms with Crippen molar-refractivity contribution in [2.45, 2.75) is 19.4 Å². The molecule has 0 fully saturated rings. The third-order valence-electron chi connectivity index (χ3n) is 3.90. The predicted octanol–water partition coefficient (Wildman–Crippen LogP) is 5.44. The van der Waals surface area contributed by atoms with Gasteiger partial charge in [0.1, 0.15) is 6.04 Å². The van der Waals surface area contributed by atoms with E-state index in [1.165, 1.54) is 22.8 Å². The van der Waals surface area contributed by atoms with Crippen LogP contribution in [0.4, 0.5) is 0 Å². The lowest BCUT2D eigenvalue weighted by molar-refractivity contribution is -0.140. The summed E-state index contributed by atoms with van der Waals surface area (Å²) < 4.78 is 2.19. The summed E-state index contributed by atoms with van der Waals surface area (Å²) in [4.78, 5) is 28.8. The number of fused-ring (bicyclic) bond motifs is 1. The number of carboxylic acid groups (broad SMARTS) is 1. The normalized spacial score (nSPS) is 13.1. The number of thiazole rings is 1. The molecule has 5 nitrogen and oxygen atoms in total. The minimum absolute atomic E-state index is 0.214. The summed E-state index contributed by atoms with van der Waals surface area (Å²) in [6.45, 7) is 1.75. The Balaban J connectivity index is 2.26. The summed E-state index contributed by atoms with van der Waals surface area (Å²) in [7, 11) is 0. The number of carbonyl (C=O) groups is 2. The van der Waals surface area contributed by atoms with Gasteiger partial charge in [0.25, 0.3) is 5.91 Å². The van der Waals surface area contributed by atoms with Crippen LogP contribution < -0.4 is 4.80 Å². The molecule has 27 heavy (non-hydrogen) atoms. The molecular weight excluding hydrogens is 431 g/mol. The molecule has 1 N–H and O–H groups in total. The zero-order chi connectivity index (χ0) is 19.7. The molecule has 9 heteroatoms. The van der Waals surface area contributed by atoms with Crippen molar-refractivity contribution in [3.63, 3.8) is 0 Å². The first-order valence-corrected chi connectivity index (χ1v) is 9.84. The Morgan fingerprint density at radius 3 is 2.44 bits per heavy atom. The maximum atomic E-state index is 12.6. The van der Waals surface area contributed by atoms with Crippen LogP contribution in [-0.4, -0.2) is 21.6 Å². The molecule has 1 unspecified atom stereocenters. The number of carboxylic acids is 1. The molecule has 3 rings (SSSR count). The quantitative estimate of drug-likeness (QED) is 0.583. The topological polar surface area (TPSA) is 71.7 Å². The fourth-order valence-corrected chi connectivity index (χ4v) is 4.59. The van der Waals surface area contributed by atoms with Crippen LogP contribution in [0.1, 0.15) is 29.7 Å². The Labute approximate surface area is 173 Å². The summed E-state index contributed by atoms with van der Waals surface area (Å²) in [6.07, 6.45) is 0.318. The van der Waals surface area contributed by atoms with Crippen LogP contribution in [0.2, 0.25) is 15.1 Å². The van der Waals surface area contributed by atoms with Gasteiger partial charge < -0.3 is 9.67 Å². The molecule has 0 aliphatic rings. The van der Waals surface area contributed by atoms with E-state index in [9.17, 15) is 14.7 Å². The highest BCUT2D eigenvalue weighted by Crippen LogP contribution is 2.29. The second-order valence-electron chi connectivity index (χ2n) is 5.68. The minimum Gasteiger partial charge on any atom is -0.480 e. The number of aromatic nitrogens is 1. The van der Waals surface area contributed by atoms with E-state index in [-0.39, 0.29) is 10.4 Å². The Morgan fingerprint density at radius 2 is 1.85 bits per heavy atom. The van der Waals surface area contributed by atoms with Crippen molar-refractivity contribution in [1.82, 2.24) is 4.57 Å². The Bertz CT molecular complexity index is 1100. The van der Waals surface area contributed by atoms with Gasteiger partial charge >= 0.3 is 5.97 Å². The van der Waals surface area contributed by atoms with Gasteiger partial charge in [-0.15, -0.1) is 0 Å². The summed E-state index contributed by atoms with van der Waals surface area (Å²) in [5.74, 6) is -1.59. The summed E-state index contributed by atoms with van der Waals surface area (Å²) in [5, 5.41) is 10.7. The monoisotopic (exact) mass is 442 g/mol. The second-order valence-corrected chi connectivity index (χ2v) is 7.94. The number of carbonyl (C=O) groups excluding carboxylic acids is 1. The van der Waals surface area contributed by atoms with Gasteiger partial charge in [-0.25, -0.2) is 4.79 Å². The molecule has 0 aliphatic heterocycles. The number of hydrogen-bond acceptors (Lipinski definition) is 3. The average Bonchev–Trinajstić information content (AvgIpc) is 2.94. The molecule has 2 aromatic carbocycles. The van der Waals surface area contributed by atoms with Crippen LogP contribution in [0.15, 0.2) is 41.4 Å². The molecule has 1 aromatic heterocycles. The van der Waals surface area contributed by atoms with Crippen molar-refractivity contribution in [3.8, 4) is 0 Å². The van der Waals surface area contributed by atoms with Crippen LogP contribution in [0.25, 0.3) is 10.2 Å². The number of benzene rings is 2. The fraction of sp³-hybridized carbons (Fsp3) is 0.167. The SMILES string of the molecule is CCC(C(=O)O)n1c(=NC(=O)c2cc(Cl)cc(Cl)c2)sc2c(Cl)cccc21. The van der Waals surface area contributed by atoms with E-state index in [1.807, 2.05) is 0 Å². The van der Waals surface area contributed by atoms with Crippen molar-refractivity contribution in [3.05, 3.63) is 61.8 Å². The van der Waals surface area contributed by atoms with Crippen LogP contribution in [0, 0.1) is 0 Å². The van der Waals surface area contributed by atoms with Gasteiger partial charge in [0.05, 0.1) is 15.2 Å². The van der Waals surface area contributed by atoms with Gasteiger partial charge in [0.2, 0.25) is 0 Å². The predicted molar refractivity (Wildman–Crippen MR) is 108 cm³/mol. The molecule has 1 amide bonds. The lowest BCUT2D eigenvalue weighted by atomic mass is 10.2. The van der Waals surface area contributed by atoms with Crippen molar-refractivity contribution < 1.29 is 14.7 Å². The Kier molecular flexibility index (Phi) is 5.91. The molecular formula is C18H13Cl3N2O3S. The first kappa shape index (κ1) is 19.9. The maximum absolute atomic E-state index is 12.6. The first-order chi connectivity index (χ1) is 12.8. The van der Waals surface area contributed by atoms with Crippen LogP contribution >= 0.6 is 46.1 Å². The Morgan fingerprint density at radius 1 is 1.19 bits per heavy atom. The van der Waals surface area contributed by atoms with Gasteiger partial charge in [-0.2, -0.15) is 4.99 Å². The van der Waals surface area contributed by atoms with Gasteiger partial charge in [-0.05, 0) is 36.8 Å². The number of hydrogen-bond donors (Lipinski definition) is 1. The van der Waals surface area contributed by atoms with E-state index in [0.717, 1.165) is 11.3 Å². The molecule has 140 valence electrons. The third-order valence-corrected chi connectivity index (χ3v) is 5.86. The van der Waals surface area contributed by atoms with Crippen molar-refractivity contribution >= 4 is 68.2 Å².